The van der Waals surface area contributed by atoms with Gasteiger partial charge in [-0.3, -0.25) is 9.59 Å². The molecule has 0 aliphatic rings. The Labute approximate surface area is 149 Å². The summed E-state index contributed by atoms with van der Waals surface area (Å²) in [4.78, 5) is 26.7. The standard InChI is InChI=1S/C20H17FN2O3/c1-13-8-9-18(19(24)22-13)20(25)23-16-6-2-4-14(10-16)12-26-17-7-3-5-15(21)11-17/h2-11H,12H2,1H3,(H,22,24)(H,23,25). The molecule has 2 aromatic carbocycles. The molecule has 0 fully saturated rings. The number of nitrogens with one attached hydrogen (secondary N) is 2. The van der Waals surface area contributed by atoms with E-state index in [4.69, 9.17) is 4.74 Å². The summed E-state index contributed by atoms with van der Waals surface area (Å²) < 4.78 is 18.7. The van der Waals surface area contributed by atoms with Crippen LogP contribution in [0.1, 0.15) is 21.6 Å². The molecule has 0 atom stereocenters. The van der Waals surface area contributed by atoms with Crippen molar-refractivity contribution in [1.82, 2.24) is 4.98 Å². The van der Waals surface area contributed by atoms with E-state index in [1.54, 1.807) is 43.3 Å². The van der Waals surface area contributed by atoms with Gasteiger partial charge in [0.25, 0.3) is 11.5 Å². The van der Waals surface area contributed by atoms with Crippen molar-refractivity contribution in [3.05, 3.63) is 93.7 Å². The molecule has 0 radical (unpaired) electrons. The highest BCUT2D eigenvalue weighted by molar-refractivity contribution is 6.04. The highest BCUT2D eigenvalue weighted by Gasteiger charge is 2.11. The first-order valence-corrected chi connectivity index (χ1v) is 8.00. The maximum absolute atomic E-state index is 13.2. The van der Waals surface area contributed by atoms with Gasteiger partial charge in [-0.1, -0.05) is 18.2 Å². The minimum absolute atomic E-state index is 0.0389. The number of hydrogen-bond acceptors (Lipinski definition) is 3. The van der Waals surface area contributed by atoms with Crippen LogP contribution in [-0.4, -0.2) is 10.9 Å². The van der Waals surface area contributed by atoms with Crippen LogP contribution < -0.4 is 15.6 Å². The van der Waals surface area contributed by atoms with E-state index in [1.165, 1.54) is 18.2 Å². The number of H-pyrrole nitrogens is 1. The molecule has 26 heavy (non-hydrogen) atoms. The van der Waals surface area contributed by atoms with Crippen molar-refractivity contribution in [1.29, 1.82) is 0 Å². The lowest BCUT2D eigenvalue weighted by Gasteiger charge is -2.09. The van der Waals surface area contributed by atoms with E-state index < -0.39 is 11.5 Å². The van der Waals surface area contributed by atoms with Crippen molar-refractivity contribution < 1.29 is 13.9 Å². The molecule has 0 saturated carbocycles. The molecule has 0 saturated heterocycles. The molecule has 3 rings (SSSR count). The van der Waals surface area contributed by atoms with Gasteiger partial charge in [-0.15, -0.1) is 0 Å². The summed E-state index contributed by atoms with van der Waals surface area (Å²) in [5, 5.41) is 2.69. The number of halogens is 1. The van der Waals surface area contributed by atoms with Crippen LogP contribution in [0.25, 0.3) is 0 Å². The number of hydrogen-bond donors (Lipinski definition) is 2. The van der Waals surface area contributed by atoms with E-state index in [0.717, 1.165) is 5.56 Å². The van der Waals surface area contributed by atoms with Crippen LogP contribution in [0.5, 0.6) is 5.75 Å². The fourth-order valence-corrected chi connectivity index (χ4v) is 2.41. The van der Waals surface area contributed by atoms with E-state index in [1.807, 2.05) is 6.07 Å². The molecule has 3 aromatic rings. The van der Waals surface area contributed by atoms with Gasteiger partial charge in [0, 0.05) is 17.4 Å². The minimum Gasteiger partial charge on any atom is -0.489 e. The molecule has 0 bridgehead atoms. The summed E-state index contributed by atoms with van der Waals surface area (Å²) in [6.45, 7) is 1.96. The van der Waals surface area contributed by atoms with Crippen molar-refractivity contribution >= 4 is 11.6 Å². The number of aromatic amines is 1. The predicted molar refractivity (Wildman–Crippen MR) is 96.9 cm³/mol. The molecule has 132 valence electrons. The maximum atomic E-state index is 13.2. The third kappa shape index (κ3) is 4.36. The van der Waals surface area contributed by atoms with Crippen LogP contribution in [0, 0.1) is 12.7 Å². The van der Waals surface area contributed by atoms with Gasteiger partial charge in [-0.2, -0.15) is 0 Å². The predicted octanol–water partition coefficient (Wildman–Crippen LogP) is 3.65. The second-order valence-corrected chi connectivity index (χ2v) is 5.78. The lowest BCUT2D eigenvalue weighted by Crippen LogP contribution is -2.23. The monoisotopic (exact) mass is 352 g/mol. The molecule has 5 nitrogen and oxygen atoms in total. The van der Waals surface area contributed by atoms with E-state index >= 15 is 0 Å². The van der Waals surface area contributed by atoms with Crippen LogP contribution in [0.15, 0.2) is 65.5 Å². The van der Waals surface area contributed by atoms with Gasteiger partial charge >= 0.3 is 0 Å². The summed E-state index contributed by atoms with van der Waals surface area (Å²) in [7, 11) is 0. The first-order valence-electron chi connectivity index (χ1n) is 8.00. The first kappa shape index (κ1) is 17.4. The fraction of sp³-hybridized carbons (Fsp3) is 0.100. The maximum Gasteiger partial charge on any atom is 0.261 e. The molecule has 2 N–H and O–H groups in total. The fourth-order valence-electron chi connectivity index (χ4n) is 2.41. The number of aromatic nitrogens is 1. The number of rotatable bonds is 5. The Morgan fingerprint density at radius 1 is 1.12 bits per heavy atom. The molecular weight excluding hydrogens is 335 g/mol. The number of aryl methyl sites for hydroxylation is 1. The lowest BCUT2D eigenvalue weighted by molar-refractivity contribution is 0.102. The second kappa shape index (κ2) is 7.65. The zero-order chi connectivity index (χ0) is 18.5. The summed E-state index contributed by atoms with van der Waals surface area (Å²) in [5.74, 6) is -0.438. The van der Waals surface area contributed by atoms with Crippen molar-refractivity contribution in [3.63, 3.8) is 0 Å². The van der Waals surface area contributed by atoms with Gasteiger partial charge in [0.15, 0.2) is 0 Å². The Balaban J connectivity index is 1.69. The number of benzene rings is 2. The number of pyridine rings is 1. The average molecular weight is 352 g/mol. The van der Waals surface area contributed by atoms with E-state index in [0.29, 0.717) is 17.1 Å². The Kier molecular flexibility index (Phi) is 5.12. The zero-order valence-corrected chi connectivity index (χ0v) is 14.1. The smallest absolute Gasteiger partial charge is 0.261 e. The van der Waals surface area contributed by atoms with E-state index in [-0.39, 0.29) is 18.0 Å². The van der Waals surface area contributed by atoms with Crippen LogP contribution in [0.3, 0.4) is 0 Å². The zero-order valence-electron chi connectivity index (χ0n) is 14.1. The second-order valence-electron chi connectivity index (χ2n) is 5.78. The van der Waals surface area contributed by atoms with Crippen LogP contribution in [0.2, 0.25) is 0 Å². The average Bonchev–Trinajstić information content (AvgIpc) is 2.60. The van der Waals surface area contributed by atoms with Crippen molar-refractivity contribution in [2.24, 2.45) is 0 Å². The molecule has 1 heterocycles. The van der Waals surface area contributed by atoms with Crippen molar-refractivity contribution in [2.75, 3.05) is 5.32 Å². The number of ether oxygens (including phenoxy) is 1. The highest BCUT2D eigenvalue weighted by atomic mass is 19.1. The van der Waals surface area contributed by atoms with Gasteiger partial charge in [0.05, 0.1) is 0 Å². The van der Waals surface area contributed by atoms with Gasteiger partial charge in [0.1, 0.15) is 23.7 Å². The first-order chi connectivity index (χ1) is 12.5. The number of anilines is 1. The van der Waals surface area contributed by atoms with Crippen molar-refractivity contribution in [3.8, 4) is 5.75 Å². The molecule has 0 unspecified atom stereocenters. The third-order valence-electron chi connectivity index (χ3n) is 3.69. The topological polar surface area (TPSA) is 71.2 Å². The third-order valence-corrected chi connectivity index (χ3v) is 3.69. The molecule has 1 aromatic heterocycles. The van der Waals surface area contributed by atoms with E-state index in [9.17, 15) is 14.0 Å². The Morgan fingerprint density at radius 3 is 2.69 bits per heavy atom. The van der Waals surface area contributed by atoms with Crippen molar-refractivity contribution in [2.45, 2.75) is 13.5 Å². The summed E-state index contributed by atoms with van der Waals surface area (Å²) in [6.07, 6.45) is 0. The van der Waals surface area contributed by atoms with Crippen LogP contribution >= 0.6 is 0 Å². The highest BCUT2D eigenvalue weighted by Crippen LogP contribution is 2.16. The Hall–Kier alpha value is -3.41. The lowest BCUT2D eigenvalue weighted by atomic mass is 10.2. The number of carbonyl (C=O) groups excluding carboxylic acids is 1. The Bertz CT molecular complexity index is 998. The summed E-state index contributed by atoms with van der Waals surface area (Å²) >= 11 is 0. The molecule has 0 aliphatic carbocycles. The number of amides is 1. The quantitative estimate of drug-likeness (QED) is 0.736. The minimum atomic E-state index is -0.491. The molecule has 0 spiro atoms. The normalized spacial score (nSPS) is 10.4. The van der Waals surface area contributed by atoms with Gasteiger partial charge in [-0.05, 0) is 48.9 Å². The van der Waals surface area contributed by atoms with E-state index in [2.05, 4.69) is 10.3 Å². The van der Waals surface area contributed by atoms with Gasteiger partial charge in [0.2, 0.25) is 0 Å². The largest absolute Gasteiger partial charge is 0.489 e. The van der Waals surface area contributed by atoms with Crippen LogP contribution in [-0.2, 0) is 6.61 Å². The SMILES string of the molecule is Cc1ccc(C(=O)Nc2cccc(COc3cccc(F)c3)c2)c(=O)[nH]1. The van der Waals surface area contributed by atoms with Gasteiger partial charge in [-0.25, -0.2) is 4.39 Å². The number of carbonyl (C=O) groups is 1. The van der Waals surface area contributed by atoms with Crippen LogP contribution in [0.4, 0.5) is 10.1 Å². The molecule has 6 heteroatoms. The Morgan fingerprint density at radius 2 is 1.92 bits per heavy atom. The molecule has 0 aliphatic heterocycles. The summed E-state index contributed by atoms with van der Waals surface area (Å²) in [5.41, 5.74) is 1.62. The molecular formula is C20H17FN2O3. The molecule has 1 amide bonds. The summed E-state index contributed by atoms with van der Waals surface area (Å²) in [6, 6.07) is 16.1. The van der Waals surface area contributed by atoms with Gasteiger partial charge < -0.3 is 15.0 Å².